The average molecular weight is 354 g/mol. The van der Waals surface area contributed by atoms with Crippen LogP contribution in [-0.4, -0.2) is 49.4 Å². The van der Waals surface area contributed by atoms with Gasteiger partial charge in [0.15, 0.2) is 12.3 Å². The van der Waals surface area contributed by atoms with Crippen molar-refractivity contribution >= 4 is 17.5 Å². The maximum atomic E-state index is 12.4. The van der Waals surface area contributed by atoms with Crippen molar-refractivity contribution in [2.45, 2.75) is 6.92 Å². The van der Waals surface area contributed by atoms with Crippen LogP contribution in [0.4, 0.5) is 5.69 Å². The lowest BCUT2D eigenvalue weighted by Crippen LogP contribution is -3.15. The van der Waals surface area contributed by atoms with E-state index in [1.54, 1.807) is 6.92 Å². The third kappa shape index (κ3) is 4.83. The topological polar surface area (TPSA) is 63.1 Å². The third-order valence-corrected chi connectivity index (χ3v) is 4.46. The summed E-state index contributed by atoms with van der Waals surface area (Å²) in [5, 5.41) is 2.95. The molecule has 0 saturated carbocycles. The maximum absolute atomic E-state index is 12.4. The summed E-state index contributed by atoms with van der Waals surface area (Å²) in [7, 11) is 0. The molecule has 0 spiro atoms. The number of carbonyl (C=O) groups excluding carboxylic acids is 2. The molecule has 1 aliphatic rings. The highest BCUT2D eigenvalue weighted by atomic mass is 16.5. The van der Waals surface area contributed by atoms with Gasteiger partial charge in [0.2, 0.25) is 5.91 Å². The number of hydrogen-bond acceptors (Lipinski definition) is 3. The Balaban J connectivity index is 1.57. The molecule has 2 N–H and O–H groups in total. The molecule has 0 unspecified atom stereocenters. The molecule has 0 atom stereocenters. The number of amides is 2. The first-order valence-corrected chi connectivity index (χ1v) is 8.82. The van der Waals surface area contributed by atoms with Crippen LogP contribution in [0.25, 0.3) is 0 Å². The Morgan fingerprint density at radius 3 is 2.38 bits per heavy atom. The summed E-state index contributed by atoms with van der Waals surface area (Å²) in [5.41, 5.74) is 0.656. The van der Waals surface area contributed by atoms with E-state index in [-0.39, 0.29) is 11.8 Å². The number of nitrogens with one attached hydrogen (secondary N) is 2. The summed E-state index contributed by atoms with van der Waals surface area (Å²) in [5.74, 6) is 1.38. The van der Waals surface area contributed by atoms with E-state index in [2.05, 4.69) is 5.32 Å². The van der Waals surface area contributed by atoms with Gasteiger partial charge in [0.05, 0.1) is 31.9 Å². The molecule has 2 amide bonds. The van der Waals surface area contributed by atoms with Crippen molar-refractivity contribution in [1.82, 2.24) is 4.90 Å². The summed E-state index contributed by atoms with van der Waals surface area (Å²) in [6.07, 6.45) is 0. The highest BCUT2D eigenvalue weighted by molar-refractivity contribution is 5.93. The van der Waals surface area contributed by atoms with Gasteiger partial charge in [0.25, 0.3) is 5.91 Å². The second-order valence-electron chi connectivity index (χ2n) is 6.39. The number of hydrogen-bond donors (Lipinski definition) is 2. The van der Waals surface area contributed by atoms with Crippen molar-refractivity contribution in [2.75, 3.05) is 38.0 Å². The Morgan fingerprint density at radius 1 is 1.04 bits per heavy atom. The van der Waals surface area contributed by atoms with Crippen LogP contribution in [0.1, 0.15) is 6.92 Å². The minimum atomic E-state index is -0.0552. The van der Waals surface area contributed by atoms with E-state index in [0.29, 0.717) is 31.1 Å². The standard InChI is InChI=1S/C20H23N3O3/c1-16(24)23-13-11-22(12-14-23)15-20(25)21-18-9-5-6-10-19(18)26-17-7-3-2-4-8-17/h2-10H,11-15H2,1H3,(H,21,25)/p+1. The van der Waals surface area contributed by atoms with Crippen LogP contribution in [0.3, 0.4) is 0 Å². The number of para-hydroxylation sites is 3. The zero-order valence-electron chi connectivity index (χ0n) is 14.9. The SMILES string of the molecule is CC(=O)N1CC[NH+](CC(=O)Nc2ccccc2Oc2ccccc2)CC1. The Morgan fingerprint density at radius 2 is 1.69 bits per heavy atom. The number of carbonyl (C=O) groups is 2. The predicted molar refractivity (Wildman–Crippen MR) is 99.4 cm³/mol. The van der Waals surface area contributed by atoms with Crippen LogP contribution in [0.5, 0.6) is 11.5 Å². The van der Waals surface area contributed by atoms with Crippen molar-refractivity contribution in [3.63, 3.8) is 0 Å². The molecule has 1 aliphatic heterocycles. The van der Waals surface area contributed by atoms with Crippen LogP contribution in [0, 0.1) is 0 Å². The lowest BCUT2D eigenvalue weighted by Gasteiger charge is -2.31. The number of ether oxygens (including phenoxy) is 1. The zero-order valence-corrected chi connectivity index (χ0v) is 14.9. The van der Waals surface area contributed by atoms with Crippen LogP contribution < -0.4 is 15.0 Å². The molecule has 26 heavy (non-hydrogen) atoms. The highest BCUT2D eigenvalue weighted by Crippen LogP contribution is 2.28. The molecule has 136 valence electrons. The zero-order chi connectivity index (χ0) is 18.4. The van der Waals surface area contributed by atoms with E-state index >= 15 is 0 Å². The van der Waals surface area contributed by atoms with E-state index in [0.717, 1.165) is 18.8 Å². The molecular formula is C20H24N3O3+. The number of quaternary nitrogens is 1. The van der Waals surface area contributed by atoms with Crippen molar-refractivity contribution in [2.24, 2.45) is 0 Å². The lowest BCUT2D eigenvalue weighted by molar-refractivity contribution is -0.895. The minimum absolute atomic E-state index is 0.0552. The van der Waals surface area contributed by atoms with Gasteiger partial charge >= 0.3 is 0 Å². The highest BCUT2D eigenvalue weighted by Gasteiger charge is 2.23. The van der Waals surface area contributed by atoms with Gasteiger partial charge in [0.1, 0.15) is 5.75 Å². The van der Waals surface area contributed by atoms with Crippen LogP contribution in [0.2, 0.25) is 0 Å². The van der Waals surface area contributed by atoms with Gasteiger partial charge in [0, 0.05) is 6.92 Å². The molecule has 0 bridgehead atoms. The van der Waals surface area contributed by atoms with Gasteiger partial charge in [-0.25, -0.2) is 0 Å². The molecule has 0 radical (unpaired) electrons. The molecule has 1 heterocycles. The monoisotopic (exact) mass is 354 g/mol. The van der Waals surface area contributed by atoms with Gasteiger partial charge in [-0.05, 0) is 24.3 Å². The van der Waals surface area contributed by atoms with Crippen LogP contribution in [0.15, 0.2) is 54.6 Å². The fourth-order valence-electron chi connectivity index (χ4n) is 3.01. The van der Waals surface area contributed by atoms with Crippen molar-refractivity contribution in [1.29, 1.82) is 0 Å². The van der Waals surface area contributed by atoms with Gasteiger partial charge in [-0.15, -0.1) is 0 Å². The molecule has 0 aliphatic carbocycles. The van der Waals surface area contributed by atoms with Gasteiger partial charge in [-0.1, -0.05) is 30.3 Å². The summed E-state index contributed by atoms with van der Waals surface area (Å²) >= 11 is 0. The van der Waals surface area contributed by atoms with E-state index in [1.165, 1.54) is 4.90 Å². The van der Waals surface area contributed by atoms with E-state index < -0.39 is 0 Å². The predicted octanol–water partition coefficient (Wildman–Crippen LogP) is 1.16. The minimum Gasteiger partial charge on any atom is -0.455 e. The summed E-state index contributed by atoms with van der Waals surface area (Å²) in [6, 6.07) is 16.9. The molecule has 6 nitrogen and oxygen atoms in total. The van der Waals surface area contributed by atoms with Crippen molar-refractivity contribution in [3.8, 4) is 11.5 Å². The van der Waals surface area contributed by atoms with E-state index in [9.17, 15) is 9.59 Å². The second-order valence-corrected chi connectivity index (χ2v) is 6.39. The fourth-order valence-corrected chi connectivity index (χ4v) is 3.01. The number of benzene rings is 2. The first-order chi connectivity index (χ1) is 12.6. The largest absolute Gasteiger partial charge is 0.455 e. The number of rotatable bonds is 5. The molecule has 6 heteroatoms. The van der Waals surface area contributed by atoms with Gasteiger partial charge in [-0.2, -0.15) is 0 Å². The number of piperazine rings is 1. The maximum Gasteiger partial charge on any atom is 0.279 e. The molecule has 2 aromatic rings. The van der Waals surface area contributed by atoms with Crippen LogP contribution in [-0.2, 0) is 9.59 Å². The molecule has 1 saturated heterocycles. The number of nitrogens with zero attached hydrogens (tertiary/aromatic N) is 1. The Bertz CT molecular complexity index is 756. The quantitative estimate of drug-likeness (QED) is 0.847. The Labute approximate surface area is 153 Å². The van der Waals surface area contributed by atoms with Crippen molar-refractivity contribution in [3.05, 3.63) is 54.6 Å². The molecule has 1 fully saturated rings. The average Bonchev–Trinajstić information content (AvgIpc) is 2.64. The lowest BCUT2D eigenvalue weighted by atomic mass is 10.2. The van der Waals surface area contributed by atoms with Gasteiger partial charge in [-0.3, -0.25) is 9.59 Å². The molecule has 2 aromatic carbocycles. The first kappa shape index (κ1) is 17.9. The van der Waals surface area contributed by atoms with E-state index in [1.807, 2.05) is 59.5 Å². The Hall–Kier alpha value is -2.86. The Kier molecular flexibility index (Phi) is 5.86. The third-order valence-electron chi connectivity index (χ3n) is 4.46. The molecule has 0 aromatic heterocycles. The summed E-state index contributed by atoms with van der Waals surface area (Å²) < 4.78 is 5.88. The molecular weight excluding hydrogens is 330 g/mol. The van der Waals surface area contributed by atoms with Gasteiger partial charge < -0.3 is 19.9 Å². The second kappa shape index (κ2) is 8.49. The summed E-state index contributed by atoms with van der Waals surface area (Å²) in [6.45, 7) is 4.94. The summed E-state index contributed by atoms with van der Waals surface area (Å²) in [4.78, 5) is 26.8. The molecule has 3 rings (SSSR count). The van der Waals surface area contributed by atoms with Crippen LogP contribution >= 0.6 is 0 Å². The van der Waals surface area contributed by atoms with Crippen molar-refractivity contribution < 1.29 is 19.2 Å². The number of anilines is 1. The smallest absolute Gasteiger partial charge is 0.279 e. The van der Waals surface area contributed by atoms with E-state index in [4.69, 9.17) is 4.74 Å². The normalized spacial score (nSPS) is 14.7. The fraction of sp³-hybridized carbons (Fsp3) is 0.300. The first-order valence-electron chi connectivity index (χ1n) is 8.82.